The van der Waals surface area contributed by atoms with Crippen molar-refractivity contribution >= 4 is 45.0 Å². The fourth-order valence-electron chi connectivity index (χ4n) is 3.35. The highest BCUT2D eigenvalue weighted by Crippen LogP contribution is 2.32. The Morgan fingerprint density at radius 3 is 2.40 bits per heavy atom. The highest BCUT2D eigenvalue weighted by Gasteiger charge is 2.37. The summed E-state index contributed by atoms with van der Waals surface area (Å²) in [4.78, 5) is 39.7. The summed E-state index contributed by atoms with van der Waals surface area (Å²) < 4.78 is 13.6. The lowest BCUT2D eigenvalue weighted by Crippen LogP contribution is -2.30. The monoisotopic (exact) mass is 466 g/mol. The molecule has 1 heterocycles. The zero-order chi connectivity index (χ0) is 21.6. The summed E-state index contributed by atoms with van der Waals surface area (Å²) >= 11 is 3.20. The number of halogens is 2. The van der Waals surface area contributed by atoms with Crippen molar-refractivity contribution in [1.82, 2.24) is 0 Å². The maximum Gasteiger partial charge on any atom is 0.266 e. The maximum absolute atomic E-state index is 13.3. The molecule has 5 nitrogen and oxygen atoms in total. The van der Waals surface area contributed by atoms with Crippen molar-refractivity contribution in [3.63, 3.8) is 0 Å². The maximum atomic E-state index is 13.3. The second-order valence-electron chi connectivity index (χ2n) is 7.07. The largest absolute Gasteiger partial charge is 0.321 e. The van der Waals surface area contributed by atoms with Gasteiger partial charge in [0.1, 0.15) is 5.82 Å². The minimum Gasteiger partial charge on any atom is -0.321 e. The Bertz CT molecular complexity index is 1240. The van der Waals surface area contributed by atoms with Crippen LogP contribution in [0.15, 0.2) is 59.1 Å². The van der Waals surface area contributed by atoms with Gasteiger partial charge >= 0.3 is 0 Å². The Kier molecular flexibility index (Phi) is 4.99. The second kappa shape index (κ2) is 7.50. The van der Waals surface area contributed by atoms with Gasteiger partial charge in [-0.15, -0.1) is 0 Å². The van der Waals surface area contributed by atoms with E-state index in [-0.39, 0.29) is 16.7 Å². The van der Waals surface area contributed by atoms with Gasteiger partial charge in [-0.25, -0.2) is 9.29 Å². The van der Waals surface area contributed by atoms with Crippen LogP contribution in [0.2, 0.25) is 0 Å². The molecule has 1 N–H and O–H groups in total. The Morgan fingerprint density at radius 2 is 1.67 bits per heavy atom. The smallest absolute Gasteiger partial charge is 0.266 e. The van der Waals surface area contributed by atoms with Crippen LogP contribution in [0.3, 0.4) is 0 Å². The van der Waals surface area contributed by atoms with Crippen LogP contribution >= 0.6 is 15.9 Å². The molecule has 0 aliphatic carbocycles. The first-order valence-corrected chi connectivity index (χ1v) is 9.92. The first-order chi connectivity index (χ1) is 14.3. The number of nitrogens with one attached hydrogen (secondary N) is 1. The first-order valence-electron chi connectivity index (χ1n) is 9.13. The third-order valence-corrected chi connectivity index (χ3v) is 5.59. The topological polar surface area (TPSA) is 66.5 Å². The number of aryl methyl sites for hydroxylation is 2. The van der Waals surface area contributed by atoms with E-state index in [2.05, 4.69) is 21.2 Å². The van der Waals surface area contributed by atoms with Crippen LogP contribution in [-0.4, -0.2) is 17.7 Å². The van der Waals surface area contributed by atoms with E-state index in [1.165, 1.54) is 36.4 Å². The lowest BCUT2D eigenvalue weighted by Gasteiger charge is -2.17. The van der Waals surface area contributed by atoms with Crippen molar-refractivity contribution < 1.29 is 18.8 Å². The summed E-state index contributed by atoms with van der Waals surface area (Å²) in [7, 11) is 0. The summed E-state index contributed by atoms with van der Waals surface area (Å²) in [6, 6.07) is 13.8. The number of rotatable bonds is 3. The number of imide groups is 1. The fourth-order valence-corrected chi connectivity index (χ4v) is 3.80. The molecule has 150 valence electrons. The van der Waals surface area contributed by atoms with Crippen molar-refractivity contribution in [2.75, 3.05) is 10.2 Å². The van der Waals surface area contributed by atoms with Crippen LogP contribution in [0.5, 0.6) is 0 Å². The number of hydrogen-bond acceptors (Lipinski definition) is 3. The molecule has 0 spiro atoms. The molecule has 0 aromatic heterocycles. The van der Waals surface area contributed by atoms with Gasteiger partial charge in [-0.2, -0.15) is 0 Å². The Hall–Kier alpha value is -3.32. The van der Waals surface area contributed by atoms with Gasteiger partial charge in [0, 0.05) is 10.0 Å². The van der Waals surface area contributed by atoms with E-state index in [0.29, 0.717) is 15.8 Å². The predicted octanol–water partition coefficient (Wildman–Crippen LogP) is 5.26. The van der Waals surface area contributed by atoms with Crippen molar-refractivity contribution in [2.45, 2.75) is 13.8 Å². The zero-order valence-corrected chi connectivity index (χ0v) is 17.7. The fraction of sp³-hybridized carbons (Fsp3) is 0.0870. The molecule has 1 aliphatic rings. The molecule has 0 fully saturated rings. The standard InChI is InChI=1S/C23H16BrFN2O3/c1-12-3-4-13(2)20(9-12)27-22(29)16-7-5-14(10-17(16)23(27)30)21(28)26-19-8-6-15(25)11-18(19)24/h3-11H,1-2H3,(H,26,28). The summed E-state index contributed by atoms with van der Waals surface area (Å²) in [5.41, 5.74) is 3.29. The van der Waals surface area contributed by atoms with Gasteiger partial charge in [-0.05, 0) is 83.4 Å². The number of benzene rings is 3. The number of hydrogen-bond donors (Lipinski definition) is 1. The molecule has 0 saturated heterocycles. The summed E-state index contributed by atoms with van der Waals surface area (Å²) in [5, 5.41) is 2.67. The van der Waals surface area contributed by atoms with Gasteiger partial charge < -0.3 is 5.32 Å². The van der Waals surface area contributed by atoms with E-state index in [1.807, 2.05) is 26.0 Å². The SMILES string of the molecule is Cc1ccc(C)c(N2C(=O)c3ccc(C(=O)Nc4ccc(F)cc4Br)cc3C2=O)c1. The minimum atomic E-state index is -0.476. The lowest BCUT2D eigenvalue weighted by atomic mass is 10.1. The van der Waals surface area contributed by atoms with Crippen molar-refractivity contribution in [3.8, 4) is 0 Å². The molecular weight excluding hydrogens is 451 g/mol. The van der Waals surface area contributed by atoms with Crippen LogP contribution in [0.25, 0.3) is 0 Å². The van der Waals surface area contributed by atoms with Crippen LogP contribution in [-0.2, 0) is 0 Å². The van der Waals surface area contributed by atoms with E-state index in [9.17, 15) is 18.8 Å². The summed E-state index contributed by atoms with van der Waals surface area (Å²) in [6.07, 6.45) is 0. The van der Waals surface area contributed by atoms with E-state index < -0.39 is 23.5 Å². The second-order valence-corrected chi connectivity index (χ2v) is 7.93. The molecule has 0 saturated carbocycles. The van der Waals surface area contributed by atoms with Gasteiger partial charge in [-0.3, -0.25) is 14.4 Å². The quantitative estimate of drug-likeness (QED) is 0.535. The highest BCUT2D eigenvalue weighted by molar-refractivity contribution is 9.10. The number of amides is 3. The van der Waals surface area contributed by atoms with E-state index >= 15 is 0 Å². The van der Waals surface area contributed by atoms with Crippen LogP contribution in [0.4, 0.5) is 15.8 Å². The number of fused-ring (bicyclic) bond motifs is 1. The van der Waals surface area contributed by atoms with Gasteiger partial charge in [0.25, 0.3) is 17.7 Å². The Labute approximate surface area is 180 Å². The summed E-state index contributed by atoms with van der Waals surface area (Å²) in [6.45, 7) is 3.72. The highest BCUT2D eigenvalue weighted by atomic mass is 79.9. The molecule has 0 bridgehead atoms. The molecule has 1 aliphatic heterocycles. The van der Waals surface area contributed by atoms with Crippen molar-refractivity contribution in [1.29, 1.82) is 0 Å². The minimum absolute atomic E-state index is 0.173. The molecule has 3 amide bonds. The van der Waals surface area contributed by atoms with Crippen molar-refractivity contribution in [2.24, 2.45) is 0 Å². The number of nitrogens with zero attached hydrogens (tertiary/aromatic N) is 1. The average Bonchev–Trinajstić information content (AvgIpc) is 2.96. The van der Waals surface area contributed by atoms with Gasteiger partial charge in [0.2, 0.25) is 0 Å². The van der Waals surface area contributed by atoms with E-state index in [0.717, 1.165) is 16.0 Å². The molecule has 7 heteroatoms. The van der Waals surface area contributed by atoms with Crippen molar-refractivity contribution in [3.05, 3.63) is 92.7 Å². The Morgan fingerprint density at radius 1 is 0.933 bits per heavy atom. The predicted molar refractivity (Wildman–Crippen MR) is 116 cm³/mol. The molecule has 0 unspecified atom stereocenters. The molecule has 30 heavy (non-hydrogen) atoms. The lowest BCUT2D eigenvalue weighted by molar-refractivity contribution is 0.0925. The zero-order valence-electron chi connectivity index (χ0n) is 16.1. The molecule has 0 atom stereocenters. The first kappa shape index (κ1) is 20.0. The normalized spacial score (nSPS) is 12.9. The molecule has 0 radical (unpaired) electrons. The van der Waals surface area contributed by atoms with Crippen LogP contribution < -0.4 is 10.2 Å². The number of anilines is 2. The number of carbonyl (C=O) groups is 3. The molecule has 4 rings (SSSR count). The summed E-state index contributed by atoms with van der Waals surface area (Å²) in [5.74, 6) is -1.80. The van der Waals surface area contributed by atoms with Gasteiger partial charge in [0.15, 0.2) is 0 Å². The van der Waals surface area contributed by atoms with Crippen LogP contribution in [0, 0.1) is 19.7 Å². The van der Waals surface area contributed by atoms with E-state index in [4.69, 9.17) is 0 Å². The average molecular weight is 467 g/mol. The third kappa shape index (κ3) is 3.41. The number of carbonyl (C=O) groups excluding carboxylic acids is 3. The van der Waals surface area contributed by atoms with Crippen LogP contribution in [0.1, 0.15) is 42.2 Å². The molecule has 3 aromatic carbocycles. The third-order valence-electron chi connectivity index (χ3n) is 4.93. The Balaban J connectivity index is 1.66. The molecular formula is C23H16BrFN2O3. The van der Waals surface area contributed by atoms with E-state index in [1.54, 1.807) is 6.07 Å². The molecule has 3 aromatic rings. The van der Waals surface area contributed by atoms with Gasteiger partial charge in [0.05, 0.1) is 22.5 Å². The van der Waals surface area contributed by atoms with Gasteiger partial charge in [-0.1, -0.05) is 12.1 Å².